The average Bonchev–Trinajstić information content (AvgIpc) is 3.42. The molecule has 0 atom stereocenters. The number of unbranched alkanes of at least 4 members (excludes halogenated alkanes) is 16. The lowest BCUT2D eigenvalue weighted by molar-refractivity contribution is 0.282. The van der Waals surface area contributed by atoms with Crippen molar-refractivity contribution in [2.75, 3.05) is 26.4 Å². The summed E-state index contributed by atoms with van der Waals surface area (Å²) in [6.45, 7) is 2.20. The molecule has 0 aliphatic rings. The van der Waals surface area contributed by atoms with Crippen LogP contribution in [0.3, 0.4) is 0 Å². The fourth-order valence-corrected chi connectivity index (χ4v) is 6.09. The van der Waals surface area contributed by atoms with Gasteiger partial charge in [-0.25, -0.2) is 4.98 Å². The molecule has 3 rings (SSSR count). The van der Waals surface area contributed by atoms with Crippen molar-refractivity contribution in [3.8, 4) is 22.1 Å². The van der Waals surface area contributed by atoms with Crippen LogP contribution in [-0.4, -0.2) is 41.6 Å². The van der Waals surface area contributed by atoms with Gasteiger partial charge in [0.1, 0.15) is 16.5 Å². The van der Waals surface area contributed by atoms with Crippen LogP contribution in [0.5, 0.6) is 11.5 Å². The Hall–Kier alpha value is -2.15. The van der Waals surface area contributed by atoms with E-state index < -0.39 is 0 Å². The molecule has 228 valence electrons. The summed E-state index contributed by atoms with van der Waals surface area (Å²) in [5.41, 5.74) is 2.13. The van der Waals surface area contributed by atoms with Crippen LogP contribution in [0.2, 0.25) is 0 Å². The Kier molecular flexibility index (Phi) is 17.5. The molecule has 1 heterocycles. The van der Waals surface area contributed by atoms with Crippen molar-refractivity contribution >= 4 is 21.6 Å². The molecule has 0 aliphatic heterocycles. The van der Waals surface area contributed by atoms with E-state index in [1.54, 1.807) is 11.3 Å². The Labute approximate surface area is 252 Å². The quantitative estimate of drug-likeness (QED) is 0.0972. The van der Waals surface area contributed by atoms with Gasteiger partial charge in [0.05, 0.1) is 23.4 Å². The minimum absolute atomic E-state index is 0.330. The molecule has 6 heteroatoms. The predicted molar refractivity (Wildman–Crippen MR) is 173 cm³/mol. The number of ether oxygens (including phenoxy) is 2. The number of rotatable bonds is 25. The van der Waals surface area contributed by atoms with Crippen molar-refractivity contribution in [3.05, 3.63) is 42.5 Å². The number of nitrogens with zero attached hydrogens (tertiary/aromatic N) is 1. The molecule has 0 unspecified atom stereocenters. The van der Waals surface area contributed by atoms with Crippen LogP contribution < -0.4 is 9.47 Å². The monoisotopic (exact) mass is 583 g/mol. The maximum atomic E-state index is 8.82. The number of thiazole rings is 1. The maximum Gasteiger partial charge on any atom is 0.124 e. The number of aromatic nitrogens is 1. The third-order valence-corrected chi connectivity index (χ3v) is 8.67. The van der Waals surface area contributed by atoms with Crippen molar-refractivity contribution in [3.63, 3.8) is 0 Å². The Morgan fingerprint density at radius 2 is 0.951 bits per heavy atom. The summed E-state index contributed by atoms with van der Waals surface area (Å²) >= 11 is 1.71. The van der Waals surface area contributed by atoms with Gasteiger partial charge in [0.2, 0.25) is 0 Å². The molecule has 0 bridgehead atoms. The fraction of sp³-hybridized carbons (Fsp3) is 0.629. The van der Waals surface area contributed by atoms with Gasteiger partial charge < -0.3 is 19.7 Å². The highest BCUT2D eigenvalue weighted by molar-refractivity contribution is 7.21. The van der Waals surface area contributed by atoms with E-state index in [4.69, 9.17) is 24.7 Å². The molecule has 0 amide bonds. The number of aliphatic hydroxyl groups is 2. The predicted octanol–water partition coefficient (Wildman–Crippen LogP) is 9.73. The molecular weight excluding hydrogens is 530 g/mol. The van der Waals surface area contributed by atoms with E-state index >= 15 is 0 Å². The number of benzene rings is 2. The normalized spacial score (nSPS) is 11.4. The number of hydrogen-bond donors (Lipinski definition) is 2. The first kappa shape index (κ1) is 33.4. The summed E-state index contributed by atoms with van der Waals surface area (Å²) < 4.78 is 13.2. The number of aliphatic hydroxyl groups excluding tert-OH is 2. The first-order chi connectivity index (χ1) is 20.3. The van der Waals surface area contributed by atoms with Gasteiger partial charge >= 0.3 is 0 Å². The van der Waals surface area contributed by atoms with E-state index in [1.807, 2.05) is 6.07 Å². The van der Waals surface area contributed by atoms with Crippen LogP contribution in [0, 0.1) is 0 Å². The summed E-state index contributed by atoms with van der Waals surface area (Å²) in [4.78, 5) is 4.85. The van der Waals surface area contributed by atoms with Crippen LogP contribution in [0.25, 0.3) is 20.8 Å². The third-order valence-electron chi connectivity index (χ3n) is 7.60. The summed E-state index contributed by atoms with van der Waals surface area (Å²) in [6, 6.07) is 14.6. The van der Waals surface area contributed by atoms with Gasteiger partial charge in [-0.3, -0.25) is 0 Å². The molecule has 3 aromatic rings. The van der Waals surface area contributed by atoms with Crippen LogP contribution in [-0.2, 0) is 0 Å². The van der Waals surface area contributed by atoms with Crippen LogP contribution in [0.15, 0.2) is 42.5 Å². The second kappa shape index (κ2) is 21.5. The number of hydrogen-bond acceptors (Lipinski definition) is 6. The van der Waals surface area contributed by atoms with Gasteiger partial charge in [-0.15, -0.1) is 11.3 Å². The van der Waals surface area contributed by atoms with Crippen molar-refractivity contribution < 1.29 is 19.7 Å². The summed E-state index contributed by atoms with van der Waals surface area (Å²) in [7, 11) is 0. The Bertz CT molecular complexity index is 1050. The average molecular weight is 584 g/mol. The minimum atomic E-state index is 0.330. The van der Waals surface area contributed by atoms with Crippen LogP contribution in [0.4, 0.5) is 0 Å². The molecule has 0 aliphatic carbocycles. The maximum absolute atomic E-state index is 8.82. The van der Waals surface area contributed by atoms with E-state index in [0.29, 0.717) is 13.2 Å². The van der Waals surface area contributed by atoms with Crippen molar-refractivity contribution in [2.45, 2.75) is 116 Å². The topological polar surface area (TPSA) is 71.8 Å². The largest absolute Gasteiger partial charge is 0.494 e. The Morgan fingerprint density at radius 3 is 1.46 bits per heavy atom. The summed E-state index contributed by atoms with van der Waals surface area (Å²) in [5.74, 6) is 1.85. The van der Waals surface area contributed by atoms with E-state index in [2.05, 4.69) is 36.4 Å². The lowest BCUT2D eigenvalue weighted by atomic mass is 10.1. The molecule has 5 nitrogen and oxygen atoms in total. The standard InChI is InChI=1S/C35H53NO4S/c37-25-15-11-7-3-1-5-9-13-17-27-39-31-21-19-30(20-22-31)35-36-33-24-23-32(29-34(33)41-35)40-28-18-14-10-6-2-4-8-12-16-26-38/h19-24,29,37-38H,1-18,25-28H2. The first-order valence-electron chi connectivity index (χ1n) is 16.3. The van der Waals surface area contributed by atoms with Crippen molar-refractivity contribution in [1.82, 2.24) is 4.98 Å². The van der Waals surface area contributed by atoms with E-state index in [0.717, 1.165) is 84.0 Å². The van der Waals surface area contributed by atoms with Gasteiger partial charge in [-0.2, -0.15) is 0 Å². The number of fused-ring (bicyclic) bond motifs is 1. The van der Waals surface area contributed by atoms with Crippen LogP contribution >= 0.6 is 11.3 Å². The summed E-state index contributed by atoms with van der Waals surface area (Å²) in [6.07, 6.45) is 21.7. The zero-order valence-electron chi connectivity index (χ0n) is 25.2. The van der Waals surface area contributed by atoms with Gasteiger partial charge in [0.25, 0.3) is 0 Å². The molecule has 0 spiro atoms. The molecule has 2 aromatic carbocycles. The fourth-order valence-electron chi connectivity index (χ4n) is 5.09. The van der Waals surface area contributed by atoms with Crippen molar-refractivity contribution in [2.24, 2.45) is 0 Å². The Balaban J connectivity index is 1.29. The molecule has 0 radical (unpaired) electrons. The molecule has 0 saturated heterocycles. The lowest BCUT2D eigenvalue weighted by Gasteiger charge is -2.07. The van der Waals surface area contributed by atoms with Gasteiger partial charge in [0, 0.05) is 18.8 Å². The first-order valence-corrected chi connectivity index (χ1v) is 17.1. The zero-order chi connectivity index (χ0) is 28.8. The Morgan fingerprint density at radius 1 is 0.512 bits per heavy atom. The van der Waals surface area contributed by atoms with Gasteiger partial charge in [-0.05, 0) is 68.1 Å². The minimum Gasteiger partial charge on any atom is -0.494 e. The van der Waals surface area contributed by atoms with Crippen LogP contribution in [0.1, 0.15) is 116 Å². The molecule has 41 heavy (non-hydrogen) atoms. The molecule has 0 fully saturated rings. The highest BCUT2D eigenvalue weighted by Crippen LogP contribution is 2.33. The van der Waals surface area contributed by atoms with E-state index in [1.165, 1.54) is 77.0 Å². The second-order valence-corrected chi connectivity index (χ2v) is 12.2. The molecule has 1 aromatic heterocycles. The van der Waals surface area contributed by atoms with Crippen molar-refractivity contribution in [1.29, 1.82) is 0 Å². The van der Waals surface area contributed by atoms with Gasteiger partial charge in [-0.1, -0.05) is 89.9 Å². The van der Waals surface area contributed by atoms with E-state index in [-0.39, 0.29) is 0 Å². The second-order valence-electron chi connectivity index (χ2n) is 11.2. The molecule has 0 saturated carbocycles. The highest BCUT2D eigenvalue weighted by atomic mass is 32.1. The highest BCUT2D eigenvalue weighted by Gasteiger charge is 2.08. The zero-order valence-corrected chi connectivity index (χ0v) is 26.0. The lowest BCUT2D eigenvalue weighted by Crippen LogP contribution is -1.97. The molecular formula is C35H53NO4S. The third kappa shape index (κ3) is 14.0. The molecule has 2 N–H and O–H groups in total. The van der Waals surface area contributed by atoms with E-state index in [9.17, 15) is 0 Å². The SMILES string of the molecule is OCCCCCCCCCCCOc1ccc(-c2nc3ccc(OCCCCCCCCCCCO)cc3s2)cc1. The smallest absolute Gasteiger partial charge is 0.124 e. The van der Waals surface area contributed by atoms with Gasteiger partial charge in [0.15, 0.2) is 0 Å². The summed E-state index contributed by atoms with van der Waals surface area (Å²) in [5, 5.41) is 18.7.